The highest BCUT2D eigenvalue weighted by atomic mass is 28.4. The van der Waals surface area contributed by atoms with E-state index in [9.17, 15) is 55.2 Å². The zero-order chi connectivity index (χ0) is 44.3. The van der Waals surface area contributed by atoms with Gasteiger partial charge in [0, 0.05) is 6.92 Å². The first kappa shape index (κ1) is 47.6. The Morgan fingerprint density at radius 3 is 1.72 bits per heavy atom. The van der Waals surface area contributed by atoms with Crippen molar-refractivity contribution >= 4 is 36.5 Å². The van der Waals surface area contributed by atoms with Crippen LogP contribution < -0.4 is 15.7 Å². The summed E-state index contributed by atoms with van der Waals surface area (Å²) < 4.78 is 42.3. The molecule has 334 valence electrons. The Hall–Kier alpha value is -3.45. The molecule has 3 saturated heterocycles. The van der Waals surface area contributed by atoms with Crippen molar-refractivity contribution in [3.63, 3.8) is 0 Å². The second kappa shape index (κ2) is 19.7. The quantitative estimate of drug-likeness (QED) is 0.0890. The summed E-state index contributed by atoms with van der Waals surface area (Å²) in [6.45, 7) is 10.1. The number of rotatable bonds is 15. The molecule has 19 nitrogen and oxygen atoms in total. The molecule has 2 aromatic carbocycles. The van der Waals surface area contributed by atoms with Crippen LogP contribution in [-0.2, 0) is 47.2 Å². The minimum Gasteiger partial charge on any atom is -0.479 e. The van der Waals surface area contributed by atoms with Gasteiger partial charge in [-0.2, -0.15) is 0 Å². The van der Waals surface area contributed by atoms with Crippen LogP contribution in [0.15, 0.2) is 60.7 Å². The monoisotopic (exact) mass is 867 g/mol. The second-order valence-corrected chi connectivity index (χ2v) is 20.6. The molecule has 0 aromatic heterocycles. The third-order valence-corrected chi connectivity index (χ3v) is 16.1. The van der Waals surface area contributed by atoms with Crippen LogP contribution in [0.4, 0.5) is 0 Å². The molecule has 0 aliphatic carbocycles. The van der Waals surface area contributed by atoms with E-state index in [1.165, 1.54) is 0 Å². The van der Waals surface area contributed by atoms with Gasteiger partial charge in [0.25, 0.3) is 8.32 Å². The Morgan fingerprint density at radius 1 is 0.700 bits per heavy atom. The van der Waals surface area contributed by atoms with Crippen molar-refractivity contribution in [1.82, 2.24) is 5.32 Å². The smallest absolute Gasteiger partial charge is 0.335 e. The molecule has 3 aliphatic rings. The maximum absolute atomic E-state index is 12.7. The molecule has 0 spiro atoms. The minimum atomic E-state index is -3.42. The zero-order valence-corrected chi connectivity index (χ0v) is 35.1. The molecule has 5 rings (SSSR count). The number of carboxylic acid groups (broad SMARTS) is 2. The van der Waals surface area contributed by atoms with Crippen LogP contribution in [0.25, 0.3) is 0 Å². The van der Waals surface area contributed by atoms with Crippen molar-refractivity contribution in [2.75, 3.05) is 6.61 Å². The number of amides is 1. The predicted octanol–water partition coefficient (Wildman–Crippen LogP) is -1.84. The van der Waals surface area contributed by atoms with E-state index in [-0.39, 0.29) is 0 Å². The van der Waals surface area contributed by atoms with E-state index in [0.717, 1.165) is 17.3 Å². The zero-order valence-electron chi connectivity index (χ0n) is 34.1. The molecule has 20 heteroatoms. The fourth-order valence-electron chi connectivity index (χ4n) is 7.79. The third kappa shape index (κ3) is 9.92. The lowest BCUT2D eigenvalue weighted by Gasteiger charge is -2.50. The van der Waals surface area contributed by atoms with Gasteiger partial charge in [0.05, 0.1) is 12.7 Å². The first-order valence-electron chi connectivity index (χ1n) is 19.7. The molecule has 3 heterocycles. The molecule has 3 aliphatic heterocycles. The van der Waals surface area contributed by atoms with Gasteiger partial charge in [0.1, 0.15) is 61.0 Å². The van der Waals surface area contributed by atoms with Gasteiger partial charge < -0.3 is 79.0 Å². The lowest BCUT2D eigenvalue weighted by atomic mass is 9.94. The van der Waals surface area contributed by atoms with Gasteiger partial charge in [-0.3, -0.25) is 4.79 Å². The molecule has 1 amide bonds. The van der Waals surface area contributed by atoms with E-state index in [0.29, 0.717) is 6.42 Å². The van der Waals surface area contributed by atoms with E-state index in [1.54, 1.807) is 13.8 Å². The third-order valence-electron chi connectivity index (χ3n) is 11.0. The van der Waals surface area contributed by atoms with Crippen molar-refractivity contribution in [3.8, 4) is 0 Å². The number of benzene rings is 2. The molecule has 0 saturated carbocycles. The number of aliphatic hydroxyl groups excluding tert-OH is 6. The topological polar surface area (TPSA) is 290 Å². The largest absolute Gasteiger partial charge is 0.479 e. The first-order chi connectivity index (χ1) is 28.2. The molecular weight excluding hydrogens is 811 g/mol. The number of ether oxygens (including phenoxy) is 6. The van der Waals surface area contributed by atoms with Gasteiger partial charge in [0.2, 0.25) is 5.91 Å². The number of nitrogens with one attached hydrogen (secondary N) is 1. The summed E-state index contributed by atoms with van der Waals surface area (Å²) in [5.74, 6) is -4.05. The number of hydrogen-bond donors (Lipinski definition) is 9. The highest BCUT2D eigenvalue weighted by Gasteiger charge is 2.57. The van der Waals surface area contributed by atoms with E-state index >= 15 is 0 Å². The maximum atomic E-state index is 12.7. The van der Waals surface area contributed by atoms with Crippen LogP contribution >= 0.6 is 0 Å². The summed E-state index contributed by atoms with van der Waals surface area (Å²) >= 11 is 0. The Morgan fingerprint density at radius 2 is 1.22 bits per heavy atom. The molecule has 1 unspecified atom stereocenters. The highest BCUT2D eigenvalue weighted by Crippen LogP contribution is 2.39. The Labute approximate surface area is 347 Å². The maximum Gasteiger partial charge on any atom is 0.335 e. The summed E-state index contributed by atoms with van der Waals surface area (Å²) in [6.07, 6.45) is -26.6. The summed E-state index contributed by atoms with van der Waals surface area (Å²) in [5.41, 5.74) is 0. The normalized spacial score (nSPS) is 35.6. The molecule has 9 N–H and O–H groups in total. The Bertz CT molecular complexity index is 1700. The van der Waals surface area contributed by atoms with E-state index in [1.807, 2.05) is 81.4 Å². The van der Waals surface area contributed by atoms with E-state index in [4.69, 9.17) is 32.8 Å². The van der Waals surface area contributed by atoms with E-state index < -0.39 is 136 Å². The molecule has 3 fully saturated rings. The van der Waals surface area contributed by atoms with Crippen molar-refractivity contribution in [2.24, 2.45) is 0 Å². The van der Waals surface area contributed by atoms with Gasteiger partial charge in [-0.15, -0.1) is 0 Å². The summed E-state index contributed by atoms with van der Waals surface area (Å²) in [6, 6.07) is 17.1. The average molecular weight is 868 g/mol. The average Bonchev–Trinajstić information content (AvgIpc) is 3.20. The number of carboxylic acids is 2. The van der Waals surface area contributed by atoms with Crippen molar-refractivity contribution in [1.29, 1.82) is 0 Å². The summed E-state index contributed by atoms with van der Waals surface area (Å²) in [7, 11) is -3.42. The molecular formula is C40H57NO18Si. The van der Waals surface area contributed by atoms with Gasteiger partial charge in [-0.05, 0) is 28.8 Å². The molecule has 2 aromatic rings. The van der Waals surface area contributed by atoms with Gasteiger partial charge in [0.15, 0.2) is 31.1 Å². The summed E-state index contributed by atoms with van der Waals surface area (Å²) in [5, 5.41) is 89.9. The lowest BCUT2D eigenvalue weighted by molar-refractivity contribution is -0.363. The standard InChI is InChI=1S/C40H57NO18Si/c1-7-19(2)54-38-30(48)28(46)32(34(59-38)36(51)52)57-37-24(41-20(3)42)25(43)31(56-39-29(47)26(44)27(45)33(58-39)35(49)50)23(55-37)18-53-60(40(4,5)6,21-14-10-8-11-15-21)22-16-12-9-13-17-22/h8-17,19,23-34,37-39,43-48H,7,18H2,1-6H3,(H,41,42)(H,49,50)(H,51,52)/t19?,23-,24-,25-,26+,27+,28-,29-,30-,31-,32+,33+,34+,37-,38-,39-/m1/s1. The molecule has 0 radical (unpaired) electrons. The Kier molecular flexibility index (Phi) is 15.6. The number of aliphatic carboxylic acids is 2. The van der Waals surface area contributed by atoms with Crippen LogP contribution in [-0.4, -0.2) is 172 Å². The van der Waals surface area contributed by atoms with Crippen LogP contribution in [0.5, 0.6) is 0 Å². The molecule has 60 heavy (non-hydrogen) atoms. The number of carbonyl (C=O) groups is 3. The molecule has 0 bridgehead atoms. The number of hydrogen-bond acceptors (Lipinski definition) is 16. The highest BCUT2D eigenvalue weighted by molar-refractivity contribution is 6.99. The summed E-state index contributed by atoms with van der Waals surface area (Å²) in [4.78, 5) is 37.2. The SMILES string of the molecule is CCC(C)O[C@@H]1O[C@H](C(=O)O)[C@@H](O[C@H]2O[C@H](CO[Si](c3ccccc3)(c3ccccc3)C(C)(C)C)[C@@H](O[C@@H]3O[C@H](C(=O)O)[C@@H](O)[C@H](O)[C@H]3O)[C@H](O)[C@H]2NC(C)=O)[C@H](O)[C@H]1O. The van der Waals surface area contributed by atoms with Crippen LogP contribution in [0.2, 0.25) is 5.04 Å². The van der Waals surface area contributed by atoms with Gasteiger partial charge in [-0.25, -0.2) is 9.59 Å². The van der Waals surface area contributed by atoms with Crippen molar-refractivity contribution in [3.05, 3.63) is 60.7 Å². The fraction of sp³-hybridized carbons (Fsp3) is 0.625. The lowest BCUT2D eigenvalue weighted by Crippen LogP contribution is -2.71. The van der Waals surface area contributed by atoms with Gasteiger partial charge in [-0.1, -0.05) is 88.4 Å². The number of aliphatic hydroxyl groups is 6. The Balaban J connectivity index is 1.58. The minimum absolute atomic E-state index is 0.447. The van der Waals surface area contributed by atoms with Crippen molar-refractivity contribution < 1.29 is 88.1 Å². The number of carbonyl (C=O) groups excluding carboxylic acids is 1. The second-order valence-electron chi connectivity index (χ2n) is 16.3. The van der Waals surface area contributed by atoms with Crippen LogP contribution in [0, 0.1) is 0 Å². The van der Waals surface area contributed by atoms with Crippen molar-refractivity contribution in [2.45, 2.75) is 151 Å². The van der Waals surface area contributed by atoms with Crippen LogP contribution in [0.3, 0.4) is 0 Å². The first-order valence-corrected chi connectivity index (χ1v) is 21.6. The van der Waals surface area contributed by atoms with E-state index in [2.05, 4.69) is 5.32 Å². The predicted molar refractivity (Wildman–Crippen MR) is 209 cm³/mol. The fourth-order valence-corrected chi connectivity index (χ4v) is 12.4. The van der Waals surface area contributed by atoms with Gasteiger partial charge >= 0.3 is 11.9 Å². The van der Waals surface area contributed by atoms with Crippen LogP contribution in [0.1, 0.15) is 48.0 Å². The molecule has 16 atom stereocenters.